The molecular weight excluding hydrogens is 418 g/mol. The van der Waals surface area contributed by atoms with Crippen LogP contribution < -0.4 is 15.7 Å². The number of aryl methyl sites for hydroxylation is 1. The van der Waals surface area contributed by atoms with Crippen LogP contribution in [-0.4, -0.2) is 43.6 Å². The molecule has 0 aliphatic carbocycles. The number of methoxy groups -OCH3 is 1. The van der Waals surface area contributed by atoms with Crippen molar-refractivity contribution in [3.05, 3.63) is 51.9 Å². The van der Waals surface area contributed by atoms with E-state index in [-0.39, 0.29) is 18.7 Å². The van der Waals surface area contributed by atoms with Gasteiger partial charge in [0, 0.05) is 23.4 Å². The third kappa shape index (κ3) is 6.89. The van der Waals surface area contributed by atoms with Crippen LogP contribution in [0, 0.1) is 6.92 Å². The number of amides is 1. The van der Waals surface area contributed by atoms with E-state index in [1.807, 2.05) is 32.2 Å². The molecule has 0 saturated heterocycles. The first-order valence-electron chi connectivity index (χ1n) is 9.96. The fourth-order valence-electron chi connectivity index (χ4n) is 3.09. The highest BCUT2D eigenvalue weighted by atomic mass is 32.2. The van der Waals surface area contributed by atoms with Gasteiger partial charge in [-0.1, -0.05) is 6.58 Å². The Morgan fingerprint density at radius 2 is 2.06 bits per heavy atom. The van der Waals surface area contributed by atoms with Gasteiger partial charge in [-0.15, -0.1) is 0 Å². The van der Waals surface area contributed by atoms with Gasteiger partial charge in [-0.25, -0.2) is 9.59 Å². The van der Waals surface area contributed by atoms with Gasteiger partial charge < -0.3 is 19.2 Å². The van der Waals surface area contributed by atoms with Crippen LogP contribution in [0.5, 0.6) is 5.75 Å². The summed E-state index contributed by atoms with van der Waals surface area (Å²) in [6.07, 6.45) is 2.67. The molecule has 0 saturated carbocycles. The normalized spacial score (nSPS) is 11.7. The highest BCUT2D eigenvalue weighted by Gasteiger charge is 2.21. The lowest BCUT2D eigenvalue weighted by atomic mass is 10.0. The van der Waals surface area contributed by atoms with Crippen LogP contribution in [0.15, 0.2) is 39.6 Å². The van der Waals surface area contributed by atoms with Gasteiger partial charge in [0.2, 0.25) is 5.91 Å². The van der Waals surface area contributed by atoms with Gasteiger partial charge in [-0.3, -0.25) is 4.79 Å². The second-order valence-electron chi connectivity index (χ2n) is 7.32. The zero-order chi connectivity index (χ0) is 23.0. The molecule has 168 valence electrons. The fourth-order valence-corrected chi connectivity index (χ4v) is 3.56. The van der Waals surface area contributed by atoms with Crippen molar-refractivity contribution in [2.45, 2.75) is 39.2 Å². The highest BCUT2D eigenvalue weighted by molar-refractivity contribution is 7.98. The first-order valence-corrected chi connectivity index (χ1v) is 11.4. The van der Waals surface area contributed by atoms with Crippen molar-refractivity contribution in [1.29, 1.82) is 0 Å². The molecule has 7 nitrogen and oxygen atoms in total. The standard InChI is InChI=1S/C23H29NO6S/c1-14(2)13-29-16-6-7-17-15(3)18(22(26)30-20(17)12-16)8-9-21(25)24-19(10-11-31-5)23(27)28-4/h6-7,12,19H,1,8-11,13H2,2-5H3,(H,24,25). The van der Waals surface area contributed by atoms with E-state index in [1.165, 1.54) is 7.11 Å². The van der Waals surface area contributed by atoms with Gasteiger partial charge in [-0.2, -0.15) is 11.8 Å². The van der Waals surface area contributed by atoms with E-state index in [0.29, 0.717) is 35.7 Å². The molecule has 1 aromatic heterocycles. The summed E-state index contributed by atoms with van der Waals surface area (Å²) in [5.74, 6) is 0.502. The quantitative estimate of drug-likeness (QED) is 0.320. The molecule has 1 amide bonds. The number of nitrogens with one attached hydrogen (secondary N) is 1. The summed E-state index contributed by atoms with van der Waals surface area (Å²) in [6, 6.07) is 4.62. The van der Waals surface area contributed by atoms with Crippen molar-refractivity contribution in [2.75, 3.05) is 25.7 Å². The minimum absolute atomic E-state index is 0.0592. The monoisotopic (exact) mass is 447 g/mol. The van der Waals surface area contributed by atoms with E-state index < -0.39 is 17.6 Å². The molecular formula is C23H29NO6S. The minimum atomic E-state index is -0.698. The van der Waals surface area contributed by atoms with Crippen molar-refractivity contribution < 1.29 is 23.5 Å². The van der Waals surface area contributed by atoms with Gasteiger partial charge in [0.15, 0.2) is 0 Å². The van der Waals surface area contributed by atoms with E-state index in [2.05, 4.69) is 11.9 Å². The summed E-state index contributed by atoms with van der Waals surface area (Å²) in [4.78, 5) is 36.8. The first kappa shape index (κ1) is 24.5. The van der Waals surface area contributed by atoms with Gasteiger partial charge >= 0.3 is 11.6 Å². The summed E-state index contributed by atoms with van der Waals surface area (Å²) in [5.41, 5.74) is 2.03. The maximum atomic E-state index is 12.5. The Labute approximate surface area is 186 Å². The molecule has 2 aromatic rings. The number of benzene rings is 1. The molecule has 8 heteroatoms. The lowest BCUT2D eigenvalue weighted by Gasteiger charge is -2.16. The van der Waals surface area contributed by atoms with Gasteiger partial charge in [0.25, 0.3) is 0 Å². The topological polar surface area (TPSA) is 94.8 Å². The predicted molar refractivity (Wildman–Crippen MR) is 123 cm³/mol. The summed E-state index contributed by atoms with van der Waals surface area (Å²) >= 11 is 1.58. The van der Waals surface area contributed by atoms with Crippen molar-refractivity contribution in [3.8, 4) is 5.75 Å². The Morgan fingerprint density at radius 3 is 2.71 bits per heavy atom. The molecule has 0 bridgehead atoms. The van der Waals surface area contributed by atoms with Gasteiger partial charge in [-0.05, 0) is 62.0 Å². The van der Waals surface area contributed by atoms with E-state index in [1.54, 1.807) is 17.8 Å². The van der Waals surface area contributed by atoms with E-state index >= 15 is 0 Å². The molecule has 0 spiro atoms. The van der Waals surface area contributed by atoms with Crippen molar-refractivity contribution in [3.63, 3.8) is 0 Å². The molecule has 1 atom stereocenters. The zero-order valence-electron chi connectivity index (χ0n) is 18.4. The number of ether oxygens (including phenoxy) is 2. The number of carbonyl (C=O) groups excluding carboxylic acids is 2. The molecule has 0 aliphatic rings. The third-order valence-corrected chi connectivity index (χ3v) is 5.42. The summed E-state index contributed by atoms with van der Waals surface area (Å²) in [6.45, 7) is 7.87. The van der Waals surface area contributed by atoms with E-state index in [4.69, 9.17) is 13.9 Å². The Bertz CT molecular complexity index is 1010. The van der Waals surface area contributed by atoms with Crippen molar-refractivity contribution >= 4 is 34.6 Å². The molecule has 2 rings (SSSR count). The van der Waals surface area contributed by atoms with Crippen LogP contribution in [0.25, 0.3) is 11.0 Å². The summed E-state index contributed by atoms with van der Waals surface area (Å²) in [5, 5.41) is 3.48. The fraction of sp³-hybridized carbons (Fsp3) is 0.435. The molecule has 0 radical (unpaired) electrons. The summed E-state index contributed by atoms with van der Waals surface area (Å²) in [7, 11) is 1.29. The predicted octanol–water partition coefficient (Wildman–Crippen LogP) is 3.40. The lowest BCUT2D eigenvalue weighted by Crippen LogP contribution is -2.42. The molecule has 0 aliphatic heterocycles. The zero-order valence-corrected chi connectivity index (χ0v) is 19.2. The third-order valence-electron chi connectivity index (χ3n) is 4.78. The second-order valence-corrected chi connectivity index (χ2v) is 8.31. The molecule has 1 aromatic carbocycles. The number of thioether (sulfide) groups is 1. The number of fused-ring (bicyclic) bond motifs is 1. The molecule has 1 N–H and O–H groups in total. The number of esters is 1. The maximum Gasteiger partial charge on any atom is 0.339 e. The first-order chi connectivity index (χ1) is 14.8. The van der Waals surface area contributed by atoms with Crippen molar-refractivity contribution in [2.24, 2.45) is 0 Å². The number of carbonyl (C=O) groups is 2. The Balaban J connectivity index is 2.13. The Morgan fingerprint density at radius 1 is 1.32 bits per heavy atom. The lowest BCUT2D eigenvalue weighted by molar-refractivity contribution is -0.145. The molecule has 1 unspecified atom stereocenters. The second kappa shape index (κ2) is 11.6. The van der Waals surface area contributed by atoms with E-state index in [0.717, 1.165) is 16.5 Å². The van der Waals surface area contributed by atoms with Crippen molar-refractivity contribution in [1.82, 2.24) is 5.32 Å². The largest absolute Gasteiger partial charge is 0.489 e. The highest BCUT2D eigenvalue weighted by Crippen LogP contribution is 2.25. The van der Waals surface area contributed by atoms with Gasteiger partial charge in [0.1, 0.15) is 24.0 Å². The van der Waals surface area contributed by atoms with Crippen LogP contribution >= 0.6 is 11.8 Å². The Kier molecular flexibility index (Phi) is 9.18. The Hall–Kier alpha value is -2.74. The van der Waals surface area contributed by atoms with Crippen LogP contribution in [0.4, 0.5) is 0 Å². The van der Waals surface area contributed by atoms with Crippen LogP contribution in [0.1, 0.15) is 30.9 Å². The molecule has 0 fully saturated rings. The number of rotatable bonds is 11. The van der Waals surface area contributed by atoms with Crippen LogP contribution in [0.2, 0.25) is 0 Å². The average molecular weight is 448 g/mol. The summed E-state index contributed by atoms with van der Waals surface area (Å²) < 4.78 is 15.8. The minimum Gasteiger partial charge on any atom is -0.489 e. The maximum absolute atomic E-state index is 12.5. The smallest absolute Gasteiger partial charge is 0.339 e. The number of hydrogen-bond acceptors (Lipinski definition) is 7. The van der Waals surface area contributed by atoms with Gasteiger partial charge in [0.05, 0.1) is 7.11 Å². The molecule has 1 heterocycles. The number of hydrogen-bond donors (Lipinski definition) is 1. The average Bonchev–Trinajstić information content (AvgIpc) is 2.74. The van der Waals surface area contributed by atoms with Crippen LogP contribution in [-0.2, 0) is 20.7 Å². The molecule has 31 heavy (non-hydrogen) atoms. The van der Waals surface area contributed by atoms with Crippen LogP contribution in [0.3, 0.4) is 0 Å². The SMILES string of the molecule is C=C(C)COc1ccc2c(C)c(CCC(=O)NC(CCSC)C(=O)OC)c(=O)oc2c1. The van der Waals surface area contributed by atoms with E-state index in [9.17, 15) is 14.4 Å².